The van der Waals surface area contributed by atoms with Crippen molar-refractivity contribution in [1.82, 2.24) is 14.8 Å². The van der Waals surface area contributed by atoms with Gasteiger partial charge in [0.2, 0.25) is 0 Å². The summed E-state index contributed by atoms with van der Waals surface area (Å²) in [6, 6.07) is 0. The molecule has 16 heavy (non-hydrogen) atoms. The lowest BCUT2D eigenvalue weighted by Gasteiger charge is -2.26. The number of aromatic nitrogens is 3. The fourth-order valence-corrected chi connectivity index (χ4v) is 2.39. The second-order valence-electron chi connectivity index (χ2n) is 5.30. The second kappa shape index (κ2) is 5.30. The predicted octanol–water partition coefficient (Wildman–Crippen LogP) is 3.83. The minimum atomic E-state index is 0.0456. The maximum atomic E-state index is 4.35. The van der Waals surface area contributed by atoms with Crippen molar-refractivity contribution in [2.24, 2.45) is 0 Å². The molecular weight excluding hydrogens is 266 g/mol. The van der Waals surface area contributed by atoms with E-state index < -0.39 is 0 Å². The maximum absolute atomic E-state index is 4.35. The van der Waals surface area contributed by atoms with Crippen molar-refractivity contribution in [2.45, 2.75) is 64.2 Å². The molecule has 0 saturated heterocycles. The van der Waals surface area contributed by atoms with Gasteiger partial charge in [0.25, 0.3) is 0 Å². The van der Waals surface area contributed by atoms with Gasteiger partial charge in [0, 0.05) is 11.5 Å². The summed E-state index contributed by atoms with van der Waals surface area (Å²) in [6.07, 6.45) is 2.35. The summed E-state index contributed by atoms with van der Waals surface area (Å²) in [4.78, 5) is 0. The highest BCUT2D eigenvalue weighted by Gasteiger charge is 2.24. The van der Waals surface area contributed by atoms with Crippen LogP contribution in [0.2, 0.25) is 0 Å². The molecule has 4 heteroatoms. The third kappa shape index (κ3) is 2.84. The molecule has 0 spiro atoms. The topological polar surface area (TPSA) is 30.7 Å². The second-order valence-corrected chi connectivity index (χ2v) is 5.86. The van der Waals surface area contributed by atoms with Crippen molar-refractivity contribution in [2.75, 3.05) is 0 Å². The first kappa shape index (κ1) is 13.7. The minimum absolute atomic E-state index is 0.0456. The normalized spacial score (nSPS) is 14.1. The van der Waals surface area contributed by atoms with Crippen LogP contribution in [0, 0.1) is 0 Å². The van der Waals surface area contributed by atoms with E-state index in [9.17, 15) is 0 Å². The summed E-state index contributed by atoms with van der Waals surface area (Å²) in [5.74, 6) is 2.61. The summed E-state index contributed by atoms with van der Waals surface area (Å²) < 4.78 is 2.27. The van der Waals surface area contributed by atoms with E-state index in [-0.39, 0.29) is 5.54 Å². The van der Waals surface area contributed by atoms with Crippen LogP contribution < -0.4 is 0 Å². The van der Waals surface area contributed by atoms with Gasteiger partial charge in [0.05, 0.1) is 5.33 Å². The molecule has 0 saturated carbocycles. The fraction of sp³-hybridized carbons (Fsp3) is 0.833. The molecule has 0 aromatic carbocycles. The number of halogens is 1. The SMILES string of the molecule is CCCC(C)c1nnc(CBr)n1C(C)(C)C. The van der Waals surface area contributed by atoms with Crippen LogP contribution >= 0.6 is 15.9 Å². The fourth-order valence-electron chi connectivity index (χ4n) is 2.03. The van der Waals surface area contributed by atoms with E-state index in [1.807, 2.05) is 0 Å². The van der Waals surface area contributed by atoms with E-state index in [2.05, 4.69) is 65.3 Å². The highest BCUT2D eigenvalue weighted by molar-refractivity contribution is 9.08. The molecule has 1 rings (SSSR count). The Hall–Kier alpha value is -0.380. The van der Waals surface area contributed by atoms with Crippen LogP contribution in [0.3, 0.4) is 0 Å². The smallest absolute Gasteiger partial charge is 0.144 e. The Labute approximate surface area is 107 Å². The molecule has 3 nitrogen and oxygen atoms in total. The summed E-state index contributed by atoms with van der Waals surface area (Å²) in [6.45, 7) is 11.0. The zero-order valence-electron chi connectivity index (χ0n) is 10.9. The van der Waals surface area contributed by atoms with Gasteiger partial charge < -0.3 is 4.57 Å². The van der Waals surface area contributed by atoms with E-state index in [0.717, 1.165) is 23.4 Å². The van der Waals surface area contributed by atoms with Crippen molar-refractivity contribution >= 4 is 15.9 Å². The standard InChI is InChI=1S/C12H22BrN3/c1-6-7-9(2)11-15-14-10(8-13)16(11)12(3,4)5/h9H,6-8H2,1-5H3. The Morgan fingerprint density at radius 3 is 2.38 bits per heavy atom. The Morgan fingerprint density at radius 1 is 1.31 bits per heavy atom. The van der Waals surface area contributed by atoms with Gasteiger partial charge in [-0.25, -0.2) is 0 Å². The largest absolute Gasteiger partial charge is 0.309 e. The van der Waals surface area contributed by atoms with Crippen molar-refractivity contribution in [3.8, 4) is 0 Å². The molecule has 0 fully saturated rings. The van der Waals surface area contributed by atoms with Gasteiger partial charge in [-0.3, -0.25) is 0 Å². The minimum Gasteiger partial charge on any atom is -0.309 e. The van der Waals surface area contributed by atoms with E-state index in [4.69, 9.17) is 0 Å². The molecule has 92 valence electrons. The third-order valence-corrected chi connectivity index (χ3v) is 3.21. The number of hydrogen-bond donors (Lipinski definition) is 0. The highest BCUT2D eigenvalue weighted by atomic mass is 79.9. The number of rotatable bonds is 4. The highest BCUT2D eigenvalue weighted by Crippen LogP contribution is 2.26. The van der Waals surface area contributed by atoms with Gasteiger partial charge in [0.15, 0.2) is 0 Å². The van der Waals surface area contributed by atoms with Crippen LogP contribution in [-0.4, -0.2) is 14.8 Å². The molecule has 0 aliphatic carbocycles. The van der Waals surface area contributed by atoms with Gasteiger partial charge in [-0.15, -0.1) is 10.2 Å². The molecule has 0 aliphatic heterocycles. The molecule has 0 N–H and O–H groups in total. The lowest BCUT2D eigenvalue weighted by Crippen LogP contribution is -2.27. The van der Waals surface area contributed by atoms with Crippen LogP contribution in [0.25, 0.3) is 0 Å². The molecular formula is C12H22BrN3. The summed E-state index contributed by atoms with van der Waals surface area (Å²) >= 11 is 3.48. The molecule has 0 bridgehead atoms. The van der Waals surface area contributed by atoms with Gasteiger partial charge >= 0.3 is 0 Å². The summed E-state index contributed by atoms with van der Waals surface area (Å²) in [7, 11) is 0. The molecule has 1 heterocycles. The molecule has 1 aromatic heterocycles. The Balaban J connectivity index is 3.15. The lowest BCUT2D eigenvalue weighted by molar-refractivity contribution is 0.363. The Bertz CT molecular complexity index is 339. The molecule has 1 aromatic rings. The Kier molecular flexibility index (Phi) is 4.53. The van der Waals surface area contributed by atoms with E-state index in [1.54, 1.807) is 0 Å². The average Bonchev–Trinajstić information content (AvgIpc) is 2.60. The first-order valence-corrected chi connectivity index (χ1v) is 7.04. The van der Waals surface area contributed by atoms with Gasteiger partial charge in [0.1, 0.15) is 11.6 Å². The van der Waals surface area contributed by atoms with Crippen LogP contribution in [0.15, 0.2) is 0 Å². The number of nitrogens with zero attached hydrogens (tertiary/aromatic N) is 3. The molecule has 1 unspecified atom stereocenters. The number of hydrogen-bond acceptors (Lipinski definition) is 2. The molecule has 0 aliphatic rings. The van der Waals surface area contributed by atoms with E-state index in [1.165, 1.54) is 6.42 Å². The summed E-state index contributed by atoms with van der Waals surface area (Å²) in [5.41, 5.74) is 0.0456. The lowest BCUT2D eigenvalue weighted by atomic mass is 10.0. The zero-order valence-corrected chi connectivity index (χ0v) is 12.5. The van der Waals surface area contributed by atoms with Crippen LogP contribution in [-0.2, 0) is 10.9 Å². The maximum Gasteiger partial charge on any atom is 0.144 e. The van der Waals surface area contributed by atoms with Crippen LogP contribution in [0.5, 0.6) is 0 Å². The molecule has 0 radical (unpaired) electrons. The molecule has 0 amide bonds. The van der Waals surface area contributed by atoms with Crippen molar-refractivity contribution < 1.29 is 0 Å². The monoisotopic (exact) mass is 287 g/mol. The quantitative estimate of drug-likeness (QED) is 0.788. The third-order valence-electron chi connectivity index (χ3n) is 2.71. The Morgan fingerprint density at radius 2 is 1.94 bits per heavy atom. The van der Waals surface area contributed by atoms with E-state index in [0.29, 0.717) is 5.92 Å². The van der Waals surface area contributed by atoms with Crippen molar-refractivity contribution in [1.29, 1.82) is 0 Å². The van der Waals surface area contributed by atoms with Gasteiger partial charge in [-0.05, 0) is 27.2 Å². The predicted molar refractivity (Wildman–Crippen MR) is 71.0 cm³/mol. The number of alkyl halides is 1. The van der Waals surface area contributed by atoms with Crippen molar-refractivity contribution in [3.63, 3.8) is 0 Å². The van der Waals surface area contributed by atoms with Gasteiger partial charge in [-0.2, -0.15) is 0 Å². The average molecular weight is 288 g/mol. The van der Waals surface area contributed by atoms with E-state index >= 15 is 0 Å². The first-order valence-electron chi connectivity index (χ1n) is 5.92. The van der Waals surface area contributed by atoms with Crippen LogP contribution in [0.1, 0.15) is 65.0 Å². The zero-order chi connectivity index (χ0) is 12.3. The summed E-state index contributed by atoms with van der Waals surface area (Å²) in [5, 5.41) is 9.39. The van der Waals surface area contributed by atoms with Crippen molar-refractivity contribution in [3.05, 3.63) is 11.6 Å². The van der Waals surface area contributed by atoms with Crippen LogP contribution in [0.4, 0.5) is 0 Å². The first-order chi connectivity index (χ1) is 7.41. The van der Waals surface area contributed by atoms with Gasteiger partial charge in [-0.1, -0.05) is 36.2 Å². The molecule has 1 atom stereocenters.